The van der Waals surface area contributed by atoms with Crippen molar-refractivity contribution in [3.8, 4) is 5.75 Å². The topological polar surface area (TPSA) is 145 Å². The van der Waals surface area contributed by atoms with E-state index in [0.717, 1.165) is 4.79 Å². The molecule has 0 saturated heterocycles. The molecule has 3 N–H and O–H groups in total. The van der Waals surface area contributed by atoms with Crippen molar-refractivity contribution < 1.29 is 37.7 Å². The summed E-state index contributed by atoms with van der Waals surface area (Å²) in [5.41, 5.74) is -0.158. The monoisotopic (exact) mass is 537 g/mol. The van der Waals surface area contributed by atoms with E-state index in [-0.39, 0.29) is 46.6 Å². The number of aromatic nitrogens is 3. The third kappa shape index (κ3) is 6.19. The third-order valence-electron chi connectivity index (χ3n) is 4.91. The average Bonchev–Trinajstić information content (AvgIpc) is 3.31. The Morgan fingerprint density at radius 1 is 1.14 bits per heavy atom. The number of pyridine rings is 1. The molecule has 3 aromatic rings. The van der Waals surface area contributed by atoms with Gasteiger partial charge >= 0.3 is 5.97 Å². The molecular formula is C23H22ClF2N5O6. The molecule has 2 aromatic heterocycles. The number of rotatable bonds is 9. The zero-order valence-electron chi connectivity index (χ0n) is 19.8. The van der Waals surface area contributed by atoms with Gasteiger partial charge in [0.05, 0.1) is 23.8 Å². The number of anilines is 1. The van der Waals surface area contributed by atoms with Gasteiger partial charge in [0.2, 0.25) is 0 Å². The second-order valence-electron chi connectivity index (χ2n) is 7.58. The summed E-state index contributed by atoms with van der Waals surface area (Å²) in [5, 5.41) is 16.7. The number of nitrogens with one attached hydrogen (secondary N) is 2. The van der Waals surface area contributed by atoms with E-state index in [1.807, 2.05) is 0 Å². The first kappa shape index (κ1) is 27.5. The van der Waals surface area contributed by atoms with Crippen LogP contribution in [0.1, 0.15) is 47.2 Å². The Kier molecular flexibility index (Phi) is 8.40. The number of nitrogens with zero attached hydrogens (tertiary/aromatic N) is 3. The summed E-state index contributed by atoms with van der Waals surface area (Å²) >= 11 is 5.80. The summed E-state index contributed by atoms with van der Waals surface area (Å²) in [6.07, 6.45) is 2.41. The molecule has 0 fully saturated rings. The highest BCUT2D eigenvalue weighted by molar-refractivity contribution is 6.34. The first-order valence-corrected chi connectivity index (χ1v) is 11.2. The van der Waals surface area contributed by atoms with Gasteiger partial charge in [0.25, 0.3) is 11.8 Å². The molecule has 1 aromatic carbocycles. The molecule has 0 aliphatic rings. The summed E-state index contributed by atoms with van der Waals surface area (Å²) in [6, 6.07) is 3.90. The molecule has 37 heavy (non-hydrogen) atoms. The normalized spacial score (nSPS) is 12.4. The van der Waals surface area contributed by atoms with Crippen molar-refractivity contribution in [2.24, 2.45) is 0 Å². The number of ether oxygens (including phenoxy) is 2. The van der Waals surface area contributed by atoms with Crippen molar-refractivity contribution in [1.82, 2.24) is 14.9 Å². The van der Waals surface area contributed by atoms with E-state index < -0.39 is 35.0 Å². The van der Waals surface area contributed by atoms with Gasteiger partial charge in [-0.05, 0) is 45.0 Å². The zero-order valence-corrected chi connectivity index (χ0v) is 20.6. The fourth-order valence-electron chi connectivity index (χ4n) is 3.00. The lowest BCUT2D eigenvalue weighted by Crippen LogP contribution is -2.34. The van der Waals surface area contributed by atoms with E-state index in [9.17, 15) is 28.3 Å². The van der Waals surface area contributed by atoms with Crippen molar-refractivity contribution in [1.29, 1.82) is 0 Å². The second kappa shape index (κ2) is 11.3. The van der Waals surface area contributed by atoms with E-state index in [1.165, 1.54) is 31.5 Å². The van der Waals surface area contributed by atoms with Crippen LogP contribution in [0.15, 0.2) is 36.7 Å². The molecular weight excluding hydrogens is 516 g/mol. The number of benzene rings is 1. The van der Waals surface area contributed by atoms with Crippen LogP contribution in [0.25, 0.3) is 0 Å². The van der Waals surface area contributed by atoms with Crippen LogP contribution in [-0.4, -0.2) is 51.0 Å². The molecule has 1 unspecified atom stereocenters. The van der Waals surface area contributed by atoms with Gasteiger partial charge in [-0.15, -0.1) is 5.10 Å². The van der Waals surface area contributed by atoms with Crippen molar-refractivity contribution in [3.63, 3.8) is 0 Å². The minimum atomic E-state index is -2.01. The number of aliphatic hydroxyl groups is 1. The molecule has 3 rings (SSSR count). The summed E-state index contributed by atoms with van der Waals surface area (Å²) in [6.45, 7) is 4.77. The predicted octanol–water partition coefficient (Wildman–Crippen LogP) is 3.02. The smallest absolute Gasteiger partial charge is 0.342 e. The molecule has 0 bridgehead atoms. The maximum Gasteiger partial charge on any atom is 0.342 e. The van der Waals surface area contributed by atoms with Crippen molar-refractivity contribution in [2.75, 3.05) is 24.0 Å². The van der Waals surface area contributed by atoms with Crippen molar-refractivity contribution in [2.45, 2.75) is 26.4 Å². The van der Waals surface area contributed by atoms with Crippen LogP contribution in [0.5, 0.6) is 5.75 Å². The Morgan fingerprint density at radius 2 is 1.84 bits per heavy atom. The largest absolute Gasteiger partial charge is 0.490 e. The third-order valence-corrected chi connectivity index (χ3v) is 5.22. The Bertz CT molecular complexity index is 1350. The quantitative estimate of drug-likeness (QED) is 0.279. The van der Waals surface area contributed by atoms with Crippen LogP contribution in [0.2, 0.25) is 5.02 Å². The van der Waals surface area contributed by atoms with Gasteiger partial charge in [-0.3, -0.25) is 9.59 Å². The van der Waals surface area contributed by atoms with Crippen molar-refractivity contribution in [3.05, 3.63) is 70.1 Å². The lowest BCUT2D eigenvalue weighted by molar-refractivity contribution is -0.164. The summed E-state index contributed by atoms with van der Waals surface area (Å²) in [7, 11) is 0. The number of amides is 2. The van der Waals surface area contributed by atoms with Gasteiger partial charge in [-0.25, -0.2) is 24.0 Å². The molecule has 1 atom stereocenters. The van der Waals surface area contributed by atoms with Gasteiger partial charge in [-0.2, -0.15) is 4.79 Å². The molecule has 0 aliphatic carbocycles. The molecule has 0 radical (unpaired) electrons. The highest BCUT2D eigenvalue weighted by atomic mass is 35.5. The molecule has 2 amide bonds. The van der Waals surface area contributed by atoms with E-state index in [2.05, 4.69) is 20.8 Å². The number of carbonyl (C=O) groups is 3. The van der Waals surface area contributed by atoms with Crippen LogP contribution in [0.3, 0.4) is 0 Å². The van der Waals surface area contributed by atoms with E-state index in [0.29, 0.717) is 12.1 Å². The first-order chi connectivity index (χ1) is 17.5. The van der Waals surface area contributed by atoms with Gasteiger partial charge in [0, 0.05) is 18.0 Å². The second-order valence-corrected chi connectivity index (χ2v) is 7.99. The Labute approximate surface area is 214 Å². The fourth-order valence-corrected chi connectivity index (χ4v) is 3.24. The summed E-state index contributed by atoms with van der Waals surface area (Å²) in [4.78, 5) is 42.2. The summed E-state index contributed by atoms with van der Waals surface area (Å²) in [5.74, 6) is -4.95. The number of esters is 1. The fraction of sp³-hybridized carbons (Fsp3) is 0.261. The highest BCUT2D eigenvalue weighted by Crippen LogP contribution is 2.30. The van der Waals surface area contributed by atoms with Crippen LogP contribution >= 0.6 is 11.6 Å². The molecule has 14 heteroatoms. The lowest BCUT2D eigenvalue weighted by Gasteiger charge is -2.22. The molecule has 11 nitrogen and oxygen atoms in total. The van der Waals surface area contributed by atoms with E-state index >= 15 is 0 Å². The number of hydrogen-bond donors (Lipinski definition) is 3. The Morgan fingerprint density at radius 3 is 2.51 bits per heavy atom. The average molecular weight is 538 g/mol. The standard InChI is InChI=1S/C23H22ClF2N5O6/c1-4-36-18-8-12(23(3,35)22(34)37-5-2)11-27-19(18)28-21(33)17-6-7-31(29-17)30-20(32)13-9-15(25)16(26)10-14(13)24/h6-11,35H,4-5H2,1-3H3,(H,30,32)(H,27,28,33). The van der Waals surface area contributed by atoms with Gasteiger partial charge < -0.3 is 19.9 Å². The lowest BCUT2D eigenvalue weighted by atomic mass is 9.98. The van der Waals surface area contributed by atoms with Crippen LogP contribution in [0.4, 0.5) is 14.6 Å². The van der Waals surface area contributed by atoms with Crippen LogP contribution in [0, 0.1) is 11.6 Å². The predicted molar refractivity (Wildman–Crippen MR) is 127 cm³/mol. The molecule has 0 aliphatic heterocycles. The maximum atomic E-state index is 13.5. The summed E-state index contributed by atoms with van der Waals surface area (Å²) < 4.78 is 37.1. The minimum absolute atomic E-state index is 0.0255. The first-order valence-electron chi connectivity index (χ1n) is 10.8. The SMILES string of the molecule is CCOC(=O)C(C)(O)c1cnc(NC(=O)c2ccn(NC(=O)c3cc(F)c(F)cc3Cl)n2)c(OCC)c1. The number of hydrogen-bond acceptors (Lipinski definition) is 8. The van der Waals surface area contributed by atoms with Gasteiger partial charge in [0.15, 0.2) is 34.5 Å². The highest BCUT2D eigenvalue weighted by Gasteiger charge is 2.35. The Hall–Kier alpha value is -4.10. The van der Waals surface area contributed by atoms with Crippen molar-refractivity contribution >= 4 is 35.2 Å². The molecule has 0 spiro atoms. The number of carbonyl (C=O) groups excluding carboxylic acids is 3. The van der Waals surface area contributed by atoms with Gasteiger partial charge in [0.1, 0.15) is 0 Å². The number of halogens is 3. The van der Waals surface area contributed by atoms with Gasteiger partial charge in [-0.1, -0.05) is 11.6 Å². The maximum absolute atomic E-state index is 13.5. The Balaban J connectivity index is 1.77. The minimum Gasteiger partial charge on any atom is -0.490 e. The van der Waals surface area contributed by atoms with E-state index in [4.69, 9.17) is 21.1 Å². The zero-order chi connectivity index (χ0) is 27.3. The molecule has 0 saturated carbocycles. The van der Waals surface area contributed by atoms with Crippen LogP contribution in [-0.2, 0) is 15.1 Å². The van der Waals surface area contributed by atoms with E-state index in [1.54, 1.807) is 13.8 Å². The molecule has 196 valence electrons. The van der Waals surface area contributed by atoms with Crippen LogP contribution < -0.4 is 15.5 Å². The molecule has 2 heterocycles.